The van der Waals surface area contributed by atoms with Crippen LogP contribution in [0.1, 0.15) is 24.3 Å². The van der Waals surface area contributed by atoms with Gasteiger partial charge in [0.25, 0.3) is 0 Å². The smallest absolute Gasteiger partial charge is 0.203 e. The van der Waals surface area contributed by atoms with Crippen molar-refractivity contribution < 1.29 is 9.15 Å². The maximum Gasteiger partial charge on any atom is 0.203 e. The van der Waals surface area contributed by atoms with E-state index in [9.17, 15) is 0 Å². The Balaban J connectivity index is 2.06. The van der Waals surface area contributed by atoms with E-state index in [0.29, 0.717) is 6.54 Å². The van der Waals surface area contributed by atoms with Crippen molar-refractivity contribution >= 4 is 11.1 Å². The second kappa shape index (κ2) is 4.37. The normalized spacial score (nSPS) is 19.2. The van der Waals surface area contributed by atoms with Gasteiger partial charge in [0.05, 0.1) is 5.41 Å². The predicted molar refractivity (Wildman–Crippen MR) is 69.5 cm³/mol. The summed E-state index contributed by atoms with van der Waals surface area (Å²) in [5.74, 6) is 0.772. The third-order valence-corrected chi connectivity index (χ3v) is 3.84. The molecule has 4 nitrogen and oxygen atoms in total. The lowest BCUT2D eigenvalue weighted by atomic mass is 9.80. The molecule has 0 amide bonds. The molecule has 2 heterocycles. The lowest BCUT2D eigenvalue weighted by molar-refractivity contribution is 0.0438. The van der Waals surface area contributed by atoms with Gasteiger partial charge < -0.3 is 14.9 Å². The molecule has 1 saturated heterocycles. The van der Waals surface area contributed by atoms with Crippen molar-refractivity contribution in [1.82, 2.24) is 4.98 Å². The highest BCUT2D eigenvalue weighted by Gasteiger charge is 2.37. The molecule has 1 aromatic carbocycles. The summed E-state index contributed by atoms with van der Waals surface area (Å²) < 4.78 is 11.3. The van der Waals surface area contributed by atoms with E-state index in [1.165, 1.54) is 5.56 Å². The molecule has 1 aliphatic heterocycles. The Hall–Kier alpha value is -1.39. The summed E-state index contributed by atoms with van der Waals surface area (Å²) in [6.07, 6.45) is 1.77. The van der Waals surface area contributed by atoms with Crippen LogP contribution in [0.25, 0.3) is 11.1 Å². The summed E-state index contributed by atoms with van der Waals surface area (Å²) in [4.78, 5) is 4.64. The second-order valence-corrected chi connectivity index (χ2v) is 5.09. The third-order valence-electron chi connectivity index (χ3n) is 3.84. The van der Waals surface area contributed by atoms with Gasteiger partial charge in [-0.1, -0.05) is 6.07 Å². The Kier molecular flexibility index (Phi) is 2.84. The van der Waals surface area contributed by atoms with Crippen molar-refractivity contribution in [1.29, 1.82) is 0 Å². The van der Waals surface area contributed by atoms with Gasteiger partial charge in [0.15, 0.2) is 5.58 Å². The predicted octanol–water partition coefficient (Wildman–Crippen LogP) is 2.14. The van der Waals surface area contributed by atoms with Crippen LogP contribution in [-0.4, -0.2) is 24.7 Å². The summed E-state index contributed by atoms with van der Waals surface area (Å²) in [7, 11) is 0. The number of hydrogen-bond donors (Lipinski definition) is 1. The third kappa shape index (κ3) is 1.82. The first kappa shape index (κ1) is 11.7. The number of oxazole rings is 1. The highest BCUT2D eigenvalue weighted by atomic mass is 16.5. The van der Waals surface area contributed by atoms with Crippen molar-refractivity contribution in [2.45, 2.75) is 25.2 Å². The fourth-order valence-corrected chi connectivity index (χ4v) is 2.53. The average Bonchev–Trinajstić information content (AvgIpc) is 2.83. The highest BCUT2D eigenvalue weighted by Crippen LogP contribution is 2.35. The molecule has 3 rings (SSSR count). The quantitative estimate of drug-likeness (QED) is 0.882. The summed E-state index contributed by atoms with van der Waals surface area (Å²) in [5, 5.41) is 0. The Morgan fingerprint density at radius 3 is 2.83 bits per heavy atom. The van der Waals surface area contributed by atoms with Gasteiger partial charge in [-0.15, -0.1) is 0 Å². The molecule has 2 N–H and O–H groups in total. The molecular weight excluding hydrogens is 228 g/mol. The number of ether oxygens (including phenoxy) is 1. The number of hydrogen-bond acceptors (Lipinski definition) is 4. The van der Waals surface area contributed by atoms with Gasteiger partial charge in [0, 0.05) is 19.8 Å². The molecule has 1 fully saturated rings. The Labute approximate surface area is 106 Å². The minimum Gasteiger partial charge on any atom is -0.440 e. The first-order chi connectivity index (χ1) is 8.73. The number of rotatable bonds is 2. The summed E-state index contributed by atoms with van der Waals surface area (Å²) in [6, 6.07) is 6.06. The van der Waals surface area contributed by atoms with Crippen LogP contribution in [0, 0.1) is 6.92 Å². The molecular formula is C14H18N2O2. The Bertz CT molecular complexity index is 556. The number of nitrogens with two attached hydrogens (primary N) is 1. The second-order valence-electron chi connectivity index (χ2n) is 5.09. The van der Waals surface area contributed by atoms with Gasteiger partial charge >= 0.3 is 0 Å². The first-order valence-corrected chi connectivity index (χ1v) is 6.39. The van der Waals surface area contributed by atoms with Gasteiger partial charge in [-0.25, -0.2) is 4.98 Å². The summed E-state index contributed by atoms with van der Waals surface area (Å²) in [6.45, 7) is 4.08. The highest BCUT2D eigenvalue weighted by molar-refractivity contribution is 5.73. The van der Waals surface area contributed by atoms with E-state index in [4.69, 9.17) is 14.9 Å². The molecule has 1 aliphatic rings. The molecule has 0 atom stereocenters. The standard InChI is InChI=1S/C14H18N2O2/c1-10-2-3-12-11(8-10)16-13(18-12)14(9-15)4-6-17-7-5-14/h2-3,8H,4-7,9,15H2,1H3. The zero-order chi connectivity index (χ0) is 12.6. The molecule has 0 saturated carbocycles. The van der Waals surface area contributed by atoms with E-state index in [-0.39, 0.29) is 5.41 Å². The monoisotopic (exact) mass is 246 g/mol. The average molecular weight is 246 g/mol. The molecule has 1 aromatic heterocycles. The molecule has 0 spiro atoms. The van der Waals surface area contributed by atoms with Gasteiger partial charge in [-0.05, 0) is 37.5 Å². The van der Waals surface area contributed by atoms with Crippen LogP contribution in [0.15, 0.2) is 22.6 Å². The maximum absolute atomic E-state index is 5.97. The van der Waals surface area contributed by atoms with E-state index in [1.807, 2.05) is 18.2 Å². The van der Waals surface area contributed by atoms with Crippen LogP contribution in [0.2, 0.25) is 0 Å². The van der Waals surface area contributed by atoms with E-state index in [1.54, 1.807) is 0 Å². The lowest BCUT2D eigenvalue weighted by Crippen LogP contribution is -2.40. The number of benzene rings is 1. The Morgan fingerprint density at radius 2 is 2.11 bits per heavy atom. The van der Waals surface area contributed by atoms with Crippen molar-refractivity contribution in [2.75, 3.05) is 19.8 Å². The van der Waals surface area contributed by atoms with E-state index < -0.39 is 0 Å². The number of aromatic nitrogens is 1. The summed E-state index contributed by atoms with van der Waals surface area (Å²) in [5.41, 5.74) is 8.77. The number of nitrogens with zero attached hydrogens (tertiary/aromatic N) is 1. The van der Waals surface area contributed by atoms with Gasteiger partial charge in [0.2, 0.25) is 5.89 Å². The van der Waals surface area contributed by atoms with Crippen LogP contribution < -0.4 is 5.73 Å². The van der Waals surface area contributed by atoms with Gasteiger partial charge in [-0.2, -0.15) is 0 Å². The molecule has 4 heteroatoms. The van der Waals surface area contributed by atoms with Crippen LogP contribution in [-0.2, 0) is 10.2 Å². The Morgan fingerprint density at radius 1 is 1.33 bits per heavy atom. The van der Waals surface area contributed by atoms with E-state index in [2.05, 4.69) is 11.9 Å². The lowest BCUT2D eigenvalue weighted by Gasteiger charge is -2.32. The van der Waals surface area contributed by atoms with Crippen LogP contribution >= 0.6 is 0 Å². The summed E-state index contributed by atoms with van der Waals surface area (Å²) >= 11 is 0. The molecule has 0 bridgehead atoms. The van der Waals surface area contributed by atoms with Gasteiger partial charge in [-0.3, -0.25) is 0 Å². The largest absolute Gasteiger partial charge is 0.440 e. The zero-order valence-electron chi connectivity index (χ0n) is 10.6. The van der Waals surface area contributed by atoms with Crippen molar-refractivity contribution in [3.05, 3.63) is 29.7 Å². The van der Waals surface area contributed by atoms with Crippen LogP contribution in [0.5, 0.6) is 0 Å². The first-order valence-electron chi connectivity index (χ1n) is 6.39. The maximum atomic E-state index is 5.97. The fourth-order valence-electron chi connectivity index (χ4n) is 2.53. The minimum absolute atomic E-state index is 0.148. The van der Waals surface area contributed by atoms with Gasteiger partial charge in [0.1, 0.15) is 5.52 Å². The molecule has 2 aromatic rings. The fraction of sp³-hybridized carbons (Fsp3) is 0.500. The van der Waals surface area contributed by atoms with E-state index >= 15 is 0 Å². The van der Waals surface area contributed by atoms with E-state index in [0.717, 1.165) is 43.0 Å². The van der Waals surface area contributed by atoms with Crippen LogP contribution in [0.4, 0.5) is 0 Å². The SMILES string of the molecule is Cc1ccc2oc(C3(CN)CCOCC3)nc2c1. The molecule has 18 heavy (non-hydrogen) atoms. The molecule has 0 aliphatic carbocycles. The molecule has 96 valence electrons. The topological polar surface area (TPSA) is 61.3 Å². The molecule has 0 radical (unpaired) electrons. The molecule has 0 unspecified atom stereocenters. The van der Waals surface area contributed by atoms with Crippen molar-refractivity contribution in [3.8, 4) is 0 Å². The number of fused-ring (bicyclic) bond motifs is 1. The van der Waals surface area contributed by atoms with Crippen molar-refractivity contribution in [3.63, 3.8) is 0 Å². The van der Waals surface area contributed by atoms with Crippen molar-refractivity contribution in [2.24, 2.45) is 5.73 Å². The van der Waals surface area contributed by atoms with Crippen LogP contribution in [0.3, 0.4) is 0 Å². The zero-order valence-corrected chi connectivity index (χ0v) is 10.6. The minimum atomic E-state index is -0.148. The number of aryl methyl sites for hydroxylation is 1.